The number of aldehydes is 1. The molecule has 15 heteroatoms. The van der Waals surface area contributed by atoms with E-state index in [2.05, 4.69) is 25.7 Å². The number of fused-ring (bicyclic) bond motifs is 1. The zero-order valence-corrected chi connectivity index (χ0v) is 31.9. The lowest BCUT2D eigenvalue weighted by Crippen LogP contribution is -2.49. The zero-order chi connectivity index (χ0) is 38.5. The number of nitrogens with one attached hydrogen (secondary N) is 3. The highest BCUT2D eigenvalue weighted by Crippen LogP contribution is 2.37. The number of likely N-dealkylation sites (N-methyl/N-ethyl adjacent to an activating group) is 1. The summed E-state index contributed by atoms with van der Waals surface area (Å²) in [5.74, 6) is -0.00889. The van der Waals surface area contributed by atoms with Gasteiger partial charge in [0.2, 0.25) is 11.8 Å². The van der Waals surface area contributed by atoms with E-state index in [-0.39, 0.29) is 35.8 Å². The average Bonchev–Trinajstić information content (AvgIpc) is 3.68. The number of amides is 2. The molecule has 0 radical (unpaired) electrons. The number of anilines is 2. The van der Waals surface area contributed by atoms with Gasteiger partial charge in [-0.15, -0.1) is 0 Å². The molecule has 4 aromatic rings. The third-order valence-corrected chi connectivity index (χ3v) is 11.3. The van der Waals surface area contributed by atoms with Crippen molar-refractivity contribution in [2.24, 2.45) is 13.0 Å². The summed E-state index contributed by atoms with van der Waals surface area (Å²) in [5.41, 5.74) is 3.73. The predicted octanol–water partition coefficient (Wildman–Crippen LogP) is 4.57. The van der Waals surface area contributed by atoms with E-state index in [1.807, 2.05) is 29.0 Å². The maximum Gasteiger partial charge on any atom is 0.276 e. The molecule has 6 rings (SSSR count). The van der Waals surface area contributed by atoms with Crippen LogP contribution in [-0.2, 0) is 28.0 Å². The van der Waals surface area contributed by atoms with Crippen molar-refractivity contribution < 1.29 is 23.5 Å². The number of halogens is 2. The summed E-state index contributed by atoms with van der Waals surface area (Å²) < 4.78 is 22.6. The summed E-state index contributed by atoms with van der Waals surface area (Å²) in [5, 5.41) is 13.8. The Hall–Kier alpha value is -4.95. The number of carbonyl (C=O) groups is 3. The second-order valence-corrected chi connectivity index (χ2v) is 14.6. The van der Waals surface area contributed by atoms with Crippen molar-refractivity contribution in [2.45, 2.75) is 57.2 Å². The molecule has 2 aromatic heterocycles. The molecule has 1 unspecified atom stereocenters. The molecule has 1 atom stereocenters. The molecule has 13 nitrogen and oxygen atoms in total. The second kappa shape index (κ2) is 17.0. The number of ether oxygens (including phenoxy) is 1. The van der Waals surface area contributed by atoms with Crippen molar-refractivity contribution in [1.29, 1.82) is 0 Å². The van der Waals surface area contributed by atoms with Gasteiger partial charge in [-0.05, 0) is 68.0 Å². The van der Waals surface area contributed by atoms with Gasteiger partial charge in [-0.25, -0.2) is 4.39 Å². The third kappa shape index (κ3) is 8.24. The number of hydrogen-bond donors (Lipinski definition) is 3. The fourth-order valence-corrected chi connectivity index (χ4v) is 8.01. The number of rotatable bonds is 13. The predicted molar refractivity (Wildman–Crippen MR) is 208 cm³/mol. The first-order chi connectivity index (χ1) is 26.0. The van der Waals surface area contributed by atoms with E-state index in [0.29, 0.717) is 71.9 Å². The number of benzene rings is 2. The Morgan fingerprint density at radius 3 is 2.56 bits per heavy atom. The number of pyridine rings is 1. The first-order valence-electron chi connectivity index (χ1n) is 18.4. The van der Waals surface area contributed by atoms with Crippen LogP contribution in [0.2, 0.25) is 5.02 Å². The maximum absolute atomic E-state index is 15.3. The minimum atomic E-state index is -0.647. The Bertz CT molecular complexity index is 2050. The van der Waals surface area contributed by atoms with Crippen molar-refractivity contribution in [2.75, 3.05) is 57.6 Å². The molecule has 2 aromatic carbocycles. The number of methoxy groups -OCH3 is 1. The van der Waals surface area contributed by atoms with Crippen molar-refractivity contribution in [3.05, 3.63) is 69.5 Å². The van der Waals surface area contributed by atoms with Gasteiger partial charge in [0, 0.05) is 106 Å². The molecule has 0 bridgehead atoms. The number of nitrogens with zero attached hydrogens (tertiary/aromatic N) is 5. The number of aromatic nitrogens is 3. The molecule has 0 saturated carbocycles. The van der Waals surface area contributed by atoms with E-state index in [0.717, 1.165) is 48.9 Å². The van der Waals surface area contributed by atoms with Gasteiger partial charge < -0.3 is 34.5 Å². The third-order valence-electron chi connectivity index (χ3n) is 10.9. The molecule has 2 aliphatic rings. The zero-order valence-electron chi connectivity index (χ0n) is 31.2. The summed E-state index contributed by atoms with van der Waals surface area (Å²) in [4.78, 5) is 55.5. The summed E-state index contributed by atoms with van der Waals surface area (Å²) in [6, 6.07) is 8.13. The Labute approximate surface area is 318 Å². The number of hydrogen-bond acceptors (Lipinski definition) is 9. The summed E-state index contributed by atoms with van der Waals surface area (Å²) in [7, 11) is 6.75. The lowest BCUT2D eigenvalue weighted by atomic mass is 9.93. The van der Waals surface area contributed by atoms with Crippen LogP contribution in [0.15, 0.2) is 47.5 Å². The Morgan fingerprint density at radius 2 is 1.89 bits per heavy atom. The molecular weight excluding hydrogens is 715 g/mol. The first kappa shape index (κ1) is 38.8. The number of likely N-dealkylation sites (tertiary alicyclic amines) is 1. The summed E-state index contributed by atoms with van der Waals surface area (Å²) in [6.45, 7) is 3.31. The minimum absolute atomic E-state index is 0.122. The van der Waals surface area contributed by atoms with Crippen molar-refractivity contribution >= 4 is 52.0 Å². The monoisotopic (exact) mass is 762 g/mol. The Morgan fingerprint density at radius 1 is 1.15 bits per heavy atom. The molecule has 0 spiro atoms. The number of carbonyl (C=O) groups excluding carboxylic acids is 3. The van der Waals surface area contributed by atoms with E-state index < -0.39 is 11.9 Å². The van der Waals surface area contributed by atoms with Gasteiger partial charge in [0.15, 0.2) is 0 Å². The molecule has 288 valence electrons. The maximum atomic E-state index is 15.3. The largest absolute Gasteiger partial charge is 0.496 e. The molecule has 3 N–H and O–H groups in total. The van der Waals surface area contributed by atoms with Crippen LogP contribution in [0.5, 0.6) is 5.75 Å². The fourth-order valence-electron chi connectivity index (χ4n) is 7.74. The van der Waals surface area contributed by atoms with E-state index in [1.165, 1.54) is 17.7 Å². The van der Waals surface area contributed by atoms with Crippen LogP contribution in [0, 0.1) is 11.7 Å². The average molecular weight is 763 g/mol. The van der Waals surface area contributed by atoms with E-state index in [1.54, 1.807) is 38.7 Å². The standard InChI is InChI=1S/C39H48ClFN8O5/c1-42-37(51)33(6-5-17-50)44-26-7-8-34(32(41)20-26)49-15-9-24(10-16-49)38(52)47(3)27-11-13-48(14-12-27)23-30-31(40)18-25(19-35(30)54-4)29-22-46(2)39(53)36-28(29)21-43-45-36/h7-8,17-22,24,27,33,44H,5-6,9-16,23H2,1-4H3,(H,42,51)(H,43,45). The normalized spacial score (nSPS) is 16.3. The van der Waals surface area contributed by atoms with Crippen LogP contribution in [-0.4, -0.2) is 102 Å². The molecule has 2 aliphatic heterocycles. The Balaban J connectivity index is 1.02. The smallest absolute Gasteiger partial charge is 0.276 e. The van der Waals surface area contributed by atoms with Crippen LogP contribution in [0.4, 0.5) is 15.8 Å². The second-order valence-electron chi connectivity index (χ2n) is 14.2. The molecule has 2 saturated heterocycles. The molecular formula is C39H48ClFN8O5. The fraction of sp³-hybridized carbons (Fsp3) is 0.462. The van der Waals surface area contributed by atoms with Crippen LogP contribution in [0.25, 0.3) is 22.0 Å². The van der Waals surface area contributed by atoms with Gasteiger partial charge >= 0.3 is 0 Å². The minimum Gasteiger partial charge on any atom is -0.496 e. The highest BCUT2D eigenvalue weighted by Gasteiger charge is 2.33. The topological polar surface area (TPSA) is 145 Å². The van der Waals surface area contributed by atoms with Crippen LogP contribution in [0.1, 0.15) is 44.1 Å². The summed E-state index contributed by atoms with van der Waals surface area (Å²) >= 11 is 6.90. The molecule has 0 aliphatic carbocycles. The highest BCUT2D eigenvalue weighted by molar-refractivity contribution is 6.32. The van der Waals surface area contributed by atoms with Crippen LogP contribution in [0.3, 0.4) is 0 Å². The van der Waals surface area contributed by atoms with Gasteiger partial charge in [-0.1, -0.05) is 11.6 Å². The molecule has 54 heavy (non-hydrogen) atoms. The van der Waals surface area contributed by atoms with Crippen molar-refractivity contribution in [3.8, 4) is 16.9 Å². The van der Waals surface area contributed by atoms with Crippen LogP contribution < -0.4 is 25.8 Å². The van der Waals surface area contributed by atoms with Gasteiger partial charge in [0.25, 0.3) is 5.56 Å². The van der Waals surface area contributed by atoms with E-state index >= 15 is 4.39 Å². The quantitative estimate of drug-likeness (QED) is 0.167. The molecule has 2 fully saturated rings. The summed E-state index contributed by atoms with van der Waals surface area (Å²) in [6.07, 6.45) is 7.62. The van der Waals surface area contributed by atoms with Gasteiger partial charge in [0.05, 0.1) is 19.0 Å². The highest BCUT2D eigenvalue weighted by atomic mass is 35.5. The lowest BCUT2D eigenvalue weighted by molar-refractivity contribution is -0.138. The number of H-pyrrole nitrogens is 1. The van der Waals surface area contributed by atoms with Crippen molar-refractivity contribution in [3.63, 3.8) is 0 Å². The van der Waals surface area contributed by atoms with Crippen LogP contribution >= 0.6 is 11.6 Å². The Kier molecular flexibility index (Phi) is 12.2. The molecule has 2 amide bonds. The number of aryl methyl sites for hydroxylation is 1. The van der Waals surface area contributed by atoms with Gasteiger partial charge in [-0.3, -0.25) is 24.4 Å². The number of piperidine rings is 2. The SMILES string of the molecule is CNC(=O)C(CCC=O)Nc1ccc(N2CCC(C(=O)N(C)C3CCN(Cc4c(Cl)cc(-c5cn(C)c(=O)c6[nH]ncc56)cc4OC)CC3)CC2)c(F)c1. The van der Waals surface area contributed by atoms with Gasteiger partial charge in [-0.2, -0.15) is 5.10 Å². The van der Waals surface area contributed by atoms with Gasteiger partial charge in [0.1, 0.15) is 29.4 Å². The van der Waals surface area contributed by atoms with E-state index in [9.17, 15) is 19.2 Å². The molecule has 4 heterocycles. The number of aromatic amines is 1. The first-order valence-corrected chi connectivity index (χ1v) is 18.8. The van der Waals surface area contributed by atoms with Crippen molar-refractivity contribution in [1.82, 2.24) is 29.9 Å². The van der Waals surface area contributed by atoms with E-state index in [4.69, 9.17) is 16.3 Å². The lowest BCUT2D eigenvalue weighted by Gasteiger charge is -2.40.